The highest BCUT2D eigenvalue weighted by molar-refractivity contribution is 5.98. The number of aliphatic hydroxyl groups is 4. The van der Waals surface area contributed by atoms with Gasteiger partial charge in [-0.1, -0.05) is 23.7 Å². The van der Waals surface area contributed by atoms with Crippen LogP contribution in [0.1, 0.15) is 72.4 Å². The molecule has 0 aromatic heterocycles. The Bertz CT molecular complexity index is 1580. The summed E-state index contributed by atoms with van der Waals surface area (Å²) in [5.74, 6) is 18.6. The van der Waals surface area contributed by atoms with E-state index in [1.165, 1.54) is 52.4 Å². The normalized spacial score (nSPS) is 11.2. The Morgan fingerprint density at radius 2 is 1.06 bits per heavy atom. The molecule has 0 aliphatic rings. The van der Waals surface area contributed by atoms with Crippen LogP contribution in [0.5, 0.6) is 0 Å². The molecule has 2 aromatic rings. The van der Waals surface area contributed by atoms with Crippen LogP contribution in [0.2, 0.25) is 0 Å². The molecule has 264 valence electrons. The van der Waals surface area contributed by atoms with E-state index in [9.17, 15) is 29.4 Å². The lowest BCUT2D eigenvalue weighted by molar-refractivity contribution is -0.148. The number of nitrogens with one attached hydrogen (secondary N) is 3. The fourth-order valence-corrected chi connectivity index (χ4v) is 3.64. The monoisotopic (exact) mass is 687 g/mol. The summed E-state index contributed by atoms with van der Waals surface area (Å²) < 4.78 is 4.61. The summed E-state index contributed by atoms with van der Waals surface area (Å²) in [6.45, 7) is 5.47. The highest BCUT2D eigenvalue weighted by atomic mass is 16.5. The van der Waals surface area contributed by atoms with Crippen LogP contribution >= 0.6 is 0 Å². The average Bonchev–Trinajstić information content (AvgIpc) is 3.08. The number of amides is 3. The molecule has 13 nitrogen and oxygen atoms in total. The van der Waals surface area contributed by atoms with Crippen LogP contribution in [0, 0.1) is 47.4 Å². The first-order valence-electron chi connectivity index (χ1n) is 15.1. The molecule has 13 heteroatoms. The van der Waals surface area contributed by atoms with E-state index in [-0.39, 0.29) is 18.8 Å². The molecular formula is C37H41N3O10. The third-order valence-electron chi connectivity index (χ3n) is 6.26. The molecule has 0 fully saturated rings. The molecule has 3 amide bonds. The molecule has 2 rings (SSSR count). The second-order valence-corrected chi connectivity index (χ2v) is 11.3. The number of rotatable bonds is 10. The summed E-state index contributed by atoms with van der Waals surface area (Å²) in [7, 11) is 1.18. The molecule has 0 bridgehead atoms. The van der Waals surface area contributed by atoms with Gasteiger partial charge in [-0.15, -0.1) is 0 Å². The van der Waals surface area contributed by atoms with Gasteiger partial charge in [-0.05, 0) is 99.9 Å². The topological polar surface area (TPSA) is 215 Å². The van der Waals surface area contributed by atoms with E-state index in [1.807, 2.05) is 0 Å². The van der Waals surface area contributed by atoms with Gasteiger partial charge in [0.05, 0.1) is 31.5 Å². The van der Waals surface area contributed by atoms with E-state index in [1.54, 1.807) is 36.4 Å². The van der Waals surface area contributed by atoms with Gasteiger partial charge in [0, 0.05) is 35.1 Å². The summed E-state index contributed by atoms with van der Waals surface area (Å²) in [4.78, 5) is 47.8. The van der Waals surface area contributed by atoms with Crippen molar-refractivity contribution in [3.63, 3.8) is 0 Å². The molecule has 2 atom stereocenters. The summed E-state index contributed by atoms with van der Waals surface area (Å²) in [5, 5.41) is 50.7. The number of benzene rings is 2. The Labute approximate surface area is 291 Å². The van der Waals surface area contributed by atoms with Gasteiger partial charge in [0.1, 0.15) is 6.04 Å². The molecule has 0 aliphatic heterocycles. The van der Waals surface area contributed by atoms with Crippen molar-refractivity contribution in [1.29, 1.82) is 0 Å². The first-order chi connectivity index (χ1) is 23.6. The number of carbonyl (C=O) groups is 4. The van der Waals surface area contributed by atoms with Crippen molar-refractivity contribution in [2.75, 3.05) is 20.3 Å². The second kappa shape index (κ2) is 21.4. The summed E-state index contributed by atoms with van der Waals surface area (Å²) in [5.41, 5.74) is 0.261. The summed E-state index contributed by atoms with van der Waals surface area (Å²) in [6, 6.07) is 10.1. The zero-order chi connectivity index (χ0) is 37.7. The van der Waals surface area contributed by atoms with Gasteiger partial charge < -0.3 is 35.8 Å². The third kappa shape index (κ3) is 15.5. The van der Waals surface area contributed by atoms with Crippen LogP contribution in [-0.2, 0) is 14.3 Å². The highest BCUT2D eigenvalue weighted by Crippen LogP contribution is 2.13. The third-order valence-corrected chi connectivity index (χ3v) is 6.26. The minimum atomic E-state index is -1.57. The van der Waals surface area contributed by atoms with Crippen LogP contribution in [0.3, 0.4) is 0 Å². The maximum atomic E-state index is 12.3. The number of methoxy groups -OCH3 is 1. The fourth-order valence-electron chi connectivity index (χ4n) is 3.64. The minimum absolute atomic E-state index is 0.00426. The molecular weight excluding hydrogens is 646 g/mol. The van der Waals surface area contributed by atoms with E-state index >= 15 is 0 Å². The smallest absolute Gasteiger partial charge is 0.331 e. The fraction of sp³-hybridized carbons (Fsp3) is 0.351. The predicted octanol–water partition coefficient (Wildman–Crippen LogP) is 0.265. The maximum absolute atomic E-state index is 12.3. The Morgan fingerprint density at radius 3 is 1.38 bits per heavy atom. The number of ether oxygens (including phenoxy) is 1. The summed E-state index contributed by atoms with van der Waals surface area (Å²) >= 11 is 0. The SMILES string of the molecule is CC(C)(O)[C@H](NC(=O)c1ccc(C#CC#CCCO)cc1)C(=O)NO.COC(=O)[C@@H](NC(=O)c1ccc(C#CC#CCCO)cc1)C(C)(C)O. The van der Waals surface area contributed by atoms with Crippen LogP contribution in [-0.4, -0.2) is 92.9 Å². The zero-order valence-electron chi connectivity index (χ0n) is 28.4. The molecule has 0 saturated carbocycles. The summed E-state index contributed by atoms with van der Waals surface area (Å²) in [6.07, 6.45) is 0.730. The van der Waals surface area contributed by atoms with Gasteiger partial charge in [0.2, 0.25) is 0 Å². The van der Waals surface area contributed by atoms with E-state index in [0.29, 0.717) is 29.5 Å². The molecule has 0 heterocycles. The average molecular weight is 688 g/mol. The molecule has 8 N–H and O–H groups in total. The van der Waals surface area contributed by atoms with Crippen LogP contribution in [0.15, 0.2) is 48.5 Å². The van der Waals surface area contributed by atoms with Crippen LogP contribution < -0.4 is 16.1 Å². The maximum Gasteiger partial charge on any atom is 0.331 e. The van der Waals surface area contributed by atoms with Crippen molar-refractivity contribution < 1.29 is 49.5 Å². The quantitative estimate of drug-likeness (QED) is 0.0739. The van der Waals surface area contributed by atoms with Crippen molar-refractivity contribution >= 4 is 23.7 Å². The molecule has 2 aromatic carbocycles. The molecule has 0 radical (unpaired) electrons. The Hall–Kier alpha value is -5.64. The van der Waals surface area contributed by atoms with Crippen molar-refractivity contribution in [2.45, 2.75) is 63.8 Å². The number of hydrogen-bond acceptors (Lipinski definition) is 10. The van der Waals surface area contributed by atoms with E-state index in [0.717, 1.165) is 0 Å². The van der Waals surface area contributed by atoms with Crippen LogP contribution in [0.4, 0.5) is 0 Å². The van der Waals surface area contributed by atoms with Gasteiger partial charge in [0.25, 0.3) is 17.7 Å². The number of aliphatic hydroxyl groups excluding tert-OH is 2. The number of carbonyl (C=O) groups excluding carboxylic acids is 4. The highest BCUT2D eigenvalue weighted by Gasteiger charge is 2.36. The second-order valence-electron chi connectivity index (χ2n) is 11.3. The minimum Gasteiger partial charge on any atom is -0.467 e. The first kappa shape index (κ1) is 42.4. The Kier molecular flexibility index (Phi) is 18.1. The molecule has 0 unspecified atom stereocenters. The van der Waals surface area contributed by atoms with Gasteiger partial charge in [-0.25, -0.2) is 10.3 Å². The van der Waals surface area contributed by atoms with Crippen molar-refractivity contribution in [2.24, 2.45) is 0 Å². The Balaban J connectivity index is 0.000000500. The van der Waals surface area contributed by atoms with Gasteiger partial charge in [0.15, 0.2) is 6.04 Å². The first-order valence-corrected chi connectivity index (χ1v) is 15.1. The molecule has 0 aliphatic carbocycles. The van der Waals surface area contributed by atoms with E-state index < -0.39 is 47.0 Å². The lowest BCUT2D eigenvalue weighted by Gasteiger charge is -2.28. The molecule has 50 heavy (non-hydrogen) atoms. The standard InChI is InChI=1S/C19H21NO5.C18H20N2O5/c1-19(2,24)16(18(23)25-3)20-17(22)15-11-9-14(10-12-15)8-6-4-5-7-13-21;1-18(2,24)15(17(23)20-25)19-16(22)14-10-8-13(9-11-14)7-5-3-4-6-12-21/h9-12,16,21,24H,7,13H2,1-3H3,(H,20,22);8-11,15,21,24-25H,6,12H2,1-2H3,(H,19,22)(H,20,23)/t16-;15-/m11/s1. The van der Waals surface area contributed by atoms with Crippen molar-refractivity contribution in [3.8, 4) is 47.4 Å². The largest absolute Gasteiger partial charge is 0.467 e. The van der Waals surface area contributed by atoms with Crippen molar-refractivity contribution in [1.82, 2.24) is 16.1 Å². The van der Waals surface area contributed by atoms with Gasteiger partial charge in [-0.3, -0.25) is 19.6 Å². The lowest BCUT2D eigenvalue weighted by Crippen LogP contribution is -2.57. The molecule has 0 saturated heterocycles. The van der Waals surface area contributed by atoms with E-state index in [4.69, 9.17) is 15.4 Å². The van der Waals surface area contributed by atoms with Crippen LogP contribution in [0.25, 0.3) is 0 Å². The number of hydroxylamine groups is 1. The van der Waals surface area contributed by atoms with Crippen molar-refractivity contribution in [3.05, 3.63) is 70.8 Å². The van der Waals surface area contributed by atoms with E-state index in [2.05, 4.69) is 62.7 Å². The Morgan fingerprint density at radius 1 is 0.680 bits per heavy atom. The lowest BCUT2D eigenvalue weighted by atomic mass is 9.97. The number of hydrogen-bond donors (Lipinski definition) is 8. The zero-order valence-corrected chi connectivity index (χ0v) is 28.4. The predicted molar refractivity (Wildman–Crippen MR) is 183 cm³/mol. The number of esters is 1. The van der Waals surface area contributed by atoms with Gasteiger partial charge in [-0.2, -0.15) is 0 Å². The van der Waals surface area contributed by atoms with Gasteiger partial charge >= 0.3 is 5.97 Å². The molecule has 0 spiro atoms.